The predicted octanol–water partition coefficient (Wildman–Crippen LogP) is 2.50. The van der Waals surface area contributed by atoms with Gasteiger partial charge < -0.3 is 4.74 Å². The van der Waals surface area contributed by atoms with Gasteiger partial charge in [0.2, 0.25) is 11.6 Å². The molecule has 0 N–H and O–H groups in total. The van der Waals surface area contributed by atoms with Gasteiger partial charge in [0.25, 0.3) is 0 Å². The highest BCUT2D eigenvalue weighted by Gasteiger charge is 2.64. The molecule has 118 valence electrons. The van der Waals surface area contributed by atoms with Gasteiger partial charge in [-0.15, -0.1) is 5.10 Å². The molecule has 1 unspecified atom stereocenters. The molecular formula is C17H16FN3O2. The van der Waals surface area contributed by atoms with Gasteiger partial charge in [-0.1, -0.05) is 30.3 Å². The van der Waals surface area contributed by atoms with Crippen LogP contribution in [0.1, 0.15) is 47.1 Å². The average Bonchev–Trinajstić information content (AvgIpc) is 2.94. The van der Waals surface area contributed by atoms with Crippen LogP contribution in [0.2, 0.25) is 0 Å². The predicted molar refractivity (Wildman–Crippen MR) is 78.8 cm³/mol. The number of halogens is 1. The summed E-state index contributed by atoms with van der Waals surface area (Å²) in [5, 5.41) is 4.38. The van der Waals surface area contributed by atoms with Gasteiger partial charge in [-0.2, -0.15) is 0 Å². The van der Waals surface area contributed by atoms with Crippen LogP contribution in [0.15, 0.2) is 30.3 Å². The fraction of sp³-hybridized carbons (Fsp3) is 0.471. The quantitative estimate of drug-likeness (QED) is 0.817. The van der Waals surface area contributed by atoms with E-state index in [0.29, 0.717) is 25.6 Å². The molecule has 0 radical (unpaired) electrons. The maximum absolute atomic E-state index is 14.4. The van der Waals surface area contributed by atoms with E-state index in [1.165, 1.54) is 0 Å². The first-order valence-electron chi connectivity index (χ1n) is 7.97. The van der Waals surface area contributed by atoms with Gasteiger partial charge in [0.05, 0.1) is 24.7 Å². The van der Waals surface area contributed by atoms with Crippen LogP contribution in [-0.4, -0.2) is 33.8 Å². The molecule has 5 nitrogen and oxygen atoms in total. The summed E-state index contributed by atoms with van der Waals surface area (Å²) in [5.74, 6) is 0.631. The van der Waals surface area contributed by atoms with E-state index >= 15 is 0 Å². The van der Waals surface area contributed by atoms with Crippen LogP contribution in [0.5, 0.6) is 0 Å². The summed E-state index contributed by atoms with van der Waals surface area (Å²) in [4.78, 5) is 17.0. The lowest BCUT2D eigenvalue weighted by molar-refractivity contribution is 0.0818. The summed E-state index contributed by atoms with van der Waals surface area (Å²) >= 11 is 0. The number of ether oxygens (including phenoxy) is 1. The van der Waals surface area contributed by atoms with Gasteiger partial charge >= 0.3 is 0 Å². The number of hydrogen-bond donors (Lipinski definition) is 0. The summed E-state index contributed by atoms with van der Waals surface area (Å²) in [7, 11) is 0. The van der Waals surface area contributed by atoms with E-state index in [4.69, 9.17) is 4.74 Å². The summed E-state index contributed by atoms with van der Waals surface area (Å²) < 4.78 is 21.3. The maximum Gasteiger partial charge on any atom is 0.218 e. The van der Waals surface area contributed by atoms with Crippen molar-refractivity contribution in [1.29, 1.82) is 0 Å². The van der Waals surface area contributed by atoms with E-state index in [9.17, 15) is 9.18 Å². The van der Waals surface area contributed by atoms with E-state index in [1.807, 2.05) is 30.3 Å². The van der Waals surface area contributed by atoms with Crippen molar-refractivity contribution in [1.82, 2.24) is 14.8 Å². The van der Waals surface area contributed by atoms with Crippen LogP contribution >= 0.6 is 0 Å². The molecule has 4 atom stereocenters. The molecule has 1 saturated heterocycles. The number of carbonyl (C=O) groups is 1. The Morgan fingerprint density at radius 3 is 2.87 bits per heavy atom. The molecule has 1 aliphatic carbocycles. The first-order valence-corrected chi connectivity index (χ1v) is 7.97. The zero-order chi connectivity index (χ0) is 15.6. The van der Waals surface area contributed by atoms with Gasteiger partial charge in [0.15, 0.2) is 12.0 Å². The third-order valence-electron chi connectivity index (χ3n) is 5.41. The molecule has 1 aromatic carbocycles. The van der Waals surface area contributed by atoms with Crippen LogP contribution in [0, 0.1) is 11.3 Å². The first-order chi connectivity index (χ1) is 11.2. The second-order valence-corrected chi connectivity index (χ2v) is 6.77. The molecule has 23 heavy (non-hydrogen) atoms. The maximum atomic E-state index is 14.4. The van der Waals surface area contributed by atoms with E-state index in [2.05, 4.69) is 10.1 Å². The van der Waals surface area contributed by atoms with Crippen molar-refractivity contribution in [2.75, 3.05) is 13.2 Å². The number of aromatic nitrogens is 3. The van der Waals surface area contributed by atoms with Crippen LogP contribution in [0.4, 0.5) is 4.39 Å². The standard InChI is InChI=1S/C17H16FN3O2/c18-12-6-13(10-4-2-1-3-5-10)21-16(12)19-15(20-21)14(22)17-7-11(17)8-23-9-17/h1-5,11-13H,6-9H2/t11?,12-,13-,17+/m0/s1. The van der Waals surface area contributed by atoms with E-state index < -0.39 is 11.6 Å². The Kier molecular flexibility index (Phi) is 2.60. The van der Waals surface area contributed by atoms with E-state index in [1.54, 1.807) is 4.68 Å². The highest BCUT2D eigenvalue weighted by Crippen LogP contribution is 2.58. The van der Waals surface area contributed by atoms with Crippen LogP contribution < -0.4 is 0 Å². The molecule has 6 heteroatoms. The molecule has 2 aromatic rings. The summed E-state index contributed by atoms with van der Waals surface area (Å²) in [6.07, 6.45) is -0.0109. The van der Waals surface area contributed by atoms with Gasteiger partial charge in [-0.3, -0.25) is 4.79 Å². The lowest BCUT2D eigenvalue weighted by atomic mass is 10.00. The van der Waals surface area contributed by atoms with Gasteiger partial charge in [-0.05, 0) is 17.9 Å². The van der Waals surface area contributed by atoms with Crippen molar-refractivity contribution in [2.24, 2.45) is 11.3 Å². The monoisotopic (exact) mass is 313 g/mol. The fourth-order valence-electron chi connectivity index (χ4n) is 3.95. The second kappa shape index (κ2) is 4.47. The SMILES string of the molecule is O=C(c1nc2n(n1)[C@H](c1ccccc1)C[C@@H]2F)[C@]12COCC1C2. The normalized spacial score (nSPS) is 34.2. The number of ketones is 1. The largest absolute Gasteiger partial charge is 0.380 e. The van der Waals surface area contributed by atoms with Gasteiger partial charge in [0, 0.05) is 6.42 Å². The number of rotatable bonds is 3. The van der Waals surface area contributed by atoms with Crippen LogP contribution in [-0.2, 0) is 4.74 Å². The second-order valence-electron chi connectivity index (χ2n) is 6.77. The minimum atomic E-state index is -1.18. The summed E-state index contributed by atoms with van der Waals surface area (Å²) in [6.45, 7) is 1.08. The summed E-state index contributed by atoms with van der Waals surface area (Å²) in [5.41, 5.74) is 0.556. The van der Waals surface area contributed by atoms with Crippen molar-refractivity contribution >= 4 is 5.78 Å². The lowest BCUT2D eigenvalue weighted by Crippen LogP contribution is -2.21. The summed E-state index contributed by atoms with van der Waals surface area (Å²) in [6, 6.07) is 9.49. The van der Waals surface area contributed by atoms with Crippen molar-refractivity contribution in [3.05, 3.63) is 47.5 Å². The first kappa shape index (κ1) is 13.4. The third kappa shape index (κ3) is 1.78. The average molecular weight is 313 g/mol. The number of carbonyl (C=O) groups excluding carboxylic acids is 1. The number of nitrogens with zero attached hydrogens (tertiary/aromatic N) is 3. The molecule has 2 aliphatic heterocycles. The Hall–Kier alpha value is -2.08. The smallest absolute Gasteiger partial charge is 0.218 e. The Balaban J connectivity index is 1.51. The van der Waals surface area contributed by atoms with Crippen molar-refractivity contribution in [3.8, 4) is 0 Å². The Morgan fingerprint density at radius 2 is 2.17 bits per heavy atom. The molecular weight excluding hydrogens is 297 g/mol. The molecule has 1 saturated carbocycles. The fourth-order valence-corrected chi connectivity index (χ4v) is 3.95. The zero-order valence-corrected chi connectivity index (χ0v) is 12.5. The Morgan fingerprint density at radius 1 is 1.35 bits per heavy atom. The molecule has 5 rings (SSSR count). The Labute approximate surface area is 132 Å². The highest BCUT2D eigenvalue weighted by atomic mass is 19.1. The number of alkyl halides is 1. The van der Waals surface area contributed by atoms with Crippen molar-refractivity contribution < 1.29 is 13.9 Å². The number of fused-ring (bicyclic) bond motifs is 2. The highest BCUT2D eigenvalue weighted by molar-refractivity contribution is 6.00. The molecule has 1 aromatic heterocycles. The molecule has 0 amide bonds. The van der Waals surface area contributed by atoms with Crippen LogP contribution in [0.25, 0.3) is 0 Å². The molecule has 0 bridgehead atoms. The van der Waals surface area contributed by atoms with E-state index in [0.717, 1.165) is 12.0 Å². The minimum absolute atomic E-state index is 0.0825. The number of benzene rings is 1. The minimum Gasteiger partial charge on any atom is -0.380 e. The van der Waals surface area contributed by atoms with Crippen molar-refractivity contribution in [2.45, 2.75) is 25.1 Å². The van der Waals surface area contributed by atoms with E-state index in [-0.39, 0.29) is 23.5 Å². The molecule has 3 heterocycles. The van der Waals surface area contributed by atoms with Crippen molar-refractivity contribution in [3.63, 3.8) is 0 Å². The lowest BCUT2D eigenvalue weighted by Gasteiger charge is -2.11. The number of Topliss-reactive ketones (excluding diaryl/α,β-unsaturated/α-hetero) is 1. The van der Waals surface area contributed by atoms with Crippen LogP contribution in [0.3, 0.4) is 0 Å². The number of hydrogen-bond acceptors (Lipinski definition) is 4. The van der Waals surface area contributed by atoms with Gasteiger partial charge in [0.1, 0.15) is 0 Å². The molecule has 0 spiro atoms. The molecule has 2 fully saturated rings. The third-order valence-corrected chi connectivity index (χ3v) is 5.41. The van der Waals surface area contributed by atoms with Gasteiger partial charge in [-0.25, -0.2) is 14.1 Å². The zero-order valence-electron chi connectivity index (χ0n) is 12.5. The topological polar surface area (TPSA) is 57.0 Å². The molecule has 3 aliphatic rings. The Bertz CT molecular complexity index is 790.